The summed E-state index contributed by atoms with van der Waals surface area (Å²) in [5.41, 5.74) is 0.803. The highest BCUT2D eigenvalue weighted by atomic mass is 16.5. The van der Waals surface area contributed by atoms with Gasteiger partial charge in [-0.05, 0) is 33.0 Å². The van der Waals surface area contributed by atoms with Crippen molar-refractivity contribution < 1.29 is 14.3 Å². The molecule has 0 saturated carbocycles. The van der Waals surface area contributed by atoms with Gasteiger partial charge in [0.2, 0.25) is 0 Å². The molecule has 0 bridgehead atoms. The van der Waals surface area contributed by atoms with E-state index >= 15 is 0 Å². The van der Waals surface area contributed by atoms with Gasteiger partial charge < -0.3 is 24.6 Å². The Bertz CT molecular complexity index is 689. The lowest BCUT2D eigenvalue weighted by Gasteiger charge is -2.32. The molecule has 0 unspecified atom stereocenters. The molecule has 1 aromatic rings. The topological polar surface area (TPSA) is 77.8 Å². The van der Waals surface area contributed by atoms with Gasteiger partial charge in [0.05, 0.1) is 13.2 Å². The van der Waals surface area contributed by atoms with E-state index in [0.29, 0.717) is 37.8 Å². The van der Waals surface area contributed by atoms with Gasteiger partial charge in [-0.3, -0.25) is 4.79 Å². The van der Waals surface area contributed by atoms with Crippen LogP contribution in [-0.2, 0) is 4.79 Å². The summed E-state index contributed by atoms with van der Waals surface area (Å²) in [6.45, 7) is 7.77. The van der Waals surface area contributed by atoms with Crippen LogP contribution in [0.15, 0.2) is 30.0 Å². The highest BCUT2D eigenvalue weighted by Gasteiger charge is 2.22. The molecule has 0 aromatic heterocycles. The number of anilines is 1. The van der Waals surface area contributed by atoms with Gasteiger partial charge >= 0.3 is 0 Å². The Morgan fingerprint density at radius 1 is 1.19 bits per heavy atom. The highest BCUT2D eigenvalue weighted by Crippen LogP contribution is 2.30. The number of rotatable bonds is 7. The molecule has 7 nitrogen and oxygen atoms in total. The fourth-order valence-electron chi connectivity index (χ4n) is 2.62. The van der Waals surface area contributed by atoms with E-state index in [-0.39, 0.29) is 11.5 Å². The van der Waals surface area contributed by atoms with E-state index in [1.807, 2.05) is 33.0 Å². The summed E-state index contributed by atoms with van der Waals surface area (Å²) in [6, 6.07) is 7.41. The molecular formula is C19H26N4O3. The lowest BCUT2D eigenvalue weighted by molar-refractivity contribution is -0.128. The minimum atomic E-state index is -0.246. The fourth-order valence-corrected chi connectivity index (χ4v) is 2.62. The minimum Gasteiger partial charge on any atom is -0.490 e. The quantitative estimate of drug-likeness (QED) is 0.594. The van der Waals surface area contributed by atoms with Crippen molar-refractivity contribution in [2.75, 3.05) is 51.8 Å². The number of amides is 1. The van der Waals surface area contributed by atoms with Crippen molar-refractivity contribution in [3.8, 4) is 17.6 Å². The zero-order valence-electron chi connectivity index (χ0n) is 15.6. The van der Waals surface area contributed by atoms with Gasteiger partial charge in [0.25, 0.3) is 5.91 Å². The van der Waals surface area contributed by atoms with Crippen molar-refractivity contribution in [3.63, 3.8) is 0 Å². The number of nitriles is 1. The van der Waals surface area contributed by atoms with E-state index in [1.54, 1.807) is 17.0 Å². The molecular weight excluding hydrogens is 332 g/mol. The molecule has 1 aromatic carbocycles. The van der Waals surface area contributed by atoms with Gasteiger partial charge in [0.15, 0.2) is 11.5 Å². The second-order valence-electron chi connectivity index (χ2n) is 5.94. The van der Waals surface area contributed by atoms with Crippen LogP contribution in [0.3, 0.4) is 0 Å². The lowest BCUT2D eigenvalue weighted by atomic mass is 10.2. The number of carbonyl (C=O) groups is 1. The first kappa shape index (κ1) is 19.6. The smallest absolute Gasteiger partial charge is 0.266 e. The molecule has 0 atom stereocenters. The zero-order chi connectivity index (χ0) is 18.9. The molecule has 1 aliphatic rings. The maximum absolute atomic E-state index is 12.5. The Balaban J connectivity index is 2.09. The Morgan fingerprint density at radius 2 is 1.85 bits per heavy atom. The summed E-state index contributed by atoms with van der Waals surface area (Å²) in [7, 11) is 2.02. The molecule has 1 fully saturated rings. The predicted molar refractivity (Wildman–Crippen MR) is 100 cm³/mol. The number of nitrogens with zero attached hydrogens (tertiary/aromatic N) is 3. The number of hydrogen-bond donors (Lipinski definition) is 1. The van der Waals surface area contributed by atoms with Gasteiger partial charge in [0.1, 0.15) is 11.6 Å². The first-order valence-corrected chi connectivity index (χ1v) is 8.83. The van der Waals surface area contributed by atoms with Crippen LogP contribution in [0.25, 0.3) is 0 Å². The molecule has 1 N–H and O–H groups in total. The number of likely N-dealkylation sites (N-methyl/N-ethyl adjacent to an activating group) is 1. The summed E-state index contributed by atoms with van der Waals surface area (Å²) in [5.74, 6) is 1.04. The lowest BCUT2D eigenvalue weighted by Crippen LogP contribution is -2.47. The SMILES string of the molecule is CCOc1ccc(N/C=C(/C#N)C(=O)N2CCN(C)CC2)cc1OCC. The number of hydrogen-bond acceptors (Lipinski definition) is 6. The summed E-state index contributed by atoms with van der Waals surface area (Å²) in [4.78, 5) is 16.4. The Hall–Kier alpha value is -2.72. The number of carbonyl (C=O) groups excluding carboxylic acids is 1. The van der Waals surface area contributed by atoms with E-state index in [1.165, 1.54) is 6.20 Å². The number of piperazine rings is 1. The molecule has 0 radical (unpaired) electrons. The average molecular weight is 358 g/mol. The van der Waals surface area contributed by atoms with Crippen molar-refractivity contribution in [3.05, 3.63) is 30.0 Å². The van der Waals surface area contributed by atoms with Gasteiger partial charge in [0, 0.05) is 44.1 Å². The van der Waals surface area contributed by atoms with E-state index in [9.17, 15) is 10.1 Å². The van der Waals surface area contributed by atoms with Gasteiger partial charge in [-0.1, -0.05) is 0 Å². The molecule has 0 spiro atoms. The normalized spacial score (nSPS) is 15.3. The van der Waals surface area contributed by atoms with Crippen molar-refractivity contribution in [2.45, 2.75) is 13.8 Å². The van der Waals surface area contributed by atoms with Crippen molar-refractivity contribution in [1.29, 1.82) is 5.26 Å². The zero-order valence-corrected chi connectivity index (χ0v) is 15.6. The summed E-state index contributed by atoms with van der Waals surface area (Å²) in [5, 5.41) is 12.4. The first-order valence-electron chi connectivity index (χ1n) is 8.83. The third-order valence-electron chi connectivity index (χ3n) is 4.07. The highest BCUT2D eigenvalue weighted by molar-refractivity contribution is 5.97. The van der Waals surface area contributed by atoms with Crippen molar-refractivity contribution in [1.82, 2.24) is 9.80 Å². The molecule has 26 heavy (non-hydrogen) atoms. The number of nitrogens with one attached hydrogen (secondary N) is 1. The molecule has 140 valence electrons. The van der Waals surface area contributed by atoms with Crippen LogP contribution in [0.2, 0.25) is 0 Å². The molecule has 2 rings (SSSR count). The summed E-state index contributed by atoms with van der Waals surface area (Å²) >= 11 is 0. The van der Waals surface area contributed by atoms with Crippen molar-refractivity contribution >= 4 is 11.6 Å². The van der Waals surface area contributed by atoms with Gasteiger partial charge in [-0.15, -0.1) is 0 Å². The molecule has 1 saturated heterocycles. The molecule has 1 amide bonds. The molecule has 0 aliphatic carbocycles. The van der Waals surface area contributed by atoms with E-state index in [0.717, 1.165) is 18.8 Å². The minimum absolute atomic E-state index is 0.0846. The Labute approximate surface area is 154 Å². The largest absolute Gasteiger partial charge is 0.490 e. The second kappa shape index (κ2) is 9.68. The van der Waals surface area contributed by atoms with Crippen LogP contribution in [0.4, 0.5) is 5.69 Å². The third-order valence-corrected chi connectivity index (χ3v) is 4.07. The predicted octanol–water partition coefficient (Wildman–Crippen LogP) is 2.08. The summed E-state index contributed by atoms with van der Waals surface area (Å²) < 4.78 is 11.1. The van der Waals surface area contributed by atoms with Crippen LogP contribution < -0.4 is 14.8 Å². The van der Waals surface area contributed by atoms with Crippen LogP contribution in [0.1, 0.15) is 13.8 Å². The molecule has 7 heteroatoms. The Kier molecular flexibility index (Phi) is 7.30. The maximum Gasteiger partial charge on any atom is 0.266 e. The third kappa shape index (κ3) is 5.14. The number of ether oxygens (including phenoxy) is 2. The van der Waals surface area contributed by atoms with E-state index < -0.39 is 0 Å². The Morgan fingerprint density at radius 3 is 2.46 bits per heavy atom. The number of benzene rings is 1. The first-order chi connectivity index (χ1) is 12.6. The van der Waals surface area contributed by atoms with E-state index in [2.05, 4.69) is 10.2 Å². The van der Waals surface area contributed by atoms with Gasteiger partial charge in [-0.25, -0.2) is 0 Å². The second-order valence-corrected chi connectivity index (χ2v) is 5.94. The van der Waals surface area contributed by atoms with Crippen LogP contribution in [-0.4, -0.2) is 62.1 Å². The van der Waals surface area contributed by atoms with E-state index in [4.69, 9.17) is 9.47 Å². The summed E-state index contributed by atoms with van der Waals surface area (Å²) in [6.07, 6.45) is 1.45. The average Bonchev–Trinajstić information content (AvgIpc) is 2.65. The molecule has 1 heterocycles. The maximum atomic E-state index is 12.5. The van der Waals surface area contributed by atoms with Crippen LogP contribution in [0, 0.1) is 11.3 Å². The monoisotopic (exact) mass is 358 g/mol. The molecule has 1 aliphatic heterocycles. The standard InChI is InChI=1S/C19H26N4O3/c1-4-25-17-7-6-16(12-18(17)26-5-2)21-14-15(13-20)19(24)23-10-8-22(3)9-11-23/h6-7,12,14,21H,4-5,8-11H2,1-3H3/b15-14-. The van der Waals surface area contributed by atoms with Gasteiger partial charge in [-0.2, -0.15) is 5.26 Å². The van der Waals surface area contributed by atoms with Crippen LogP contribution >= 0.6 is 0 Å². The van der Waals surface area contributed by atoms with Crippen LogP contribution in [0.5, 0.6) is 11.5 Å². The van der Waals surface area contributed by atoms with Crippen molar-refractivity contribution in [2.24, 2.45) is 0 Å². The fraction of sp³-hybridized carbons (Fsp3) is 0.474.